The number of nitrogens with one attached hydrogen (secondary N) is 2. The molecule has 0 unspecified atom stereocenters. The van der Waals surface area contributed by atoms with Crippen molar-refractivity contribution >= 4 is 29.3 Å². The van der Waals surface area contributed by atoms with Gasteiger partial charge in [0, 0.05) is 28.2 Å². The number of amides is 1. The Hall–Kier alpha value is -2.64. The number of carbonyl (C=O) groups excluding carboxylic acids is 1. The quantitative estimate of drug-likeness (QED) is 0.457. The molecule has 28 heavy (non-hydrogen) atoms. The van der Waals surface area contributed by atoms with Gasteiger partial charge in [0.15, 0.2) is 5.16 Å². The summed E-state index contributed by atoms with van der Waals surface area (Å²) in [5.74, 6) is 0.382. The second-order valence-corrected chi connectivity index (χ2v) is 7.53. The highest BCUT2D eigenvalue weighted by atomic mass is 35.5. The number of aromatic nitrogens is 3. The SMILES string of the molecule is Cc1nc(SCc2cccc(Cl)c2)[nH]c(=O)c1CC(=O)NCc1ccccn1. The number of aryl methyl sites for hydroxylation is 1. The van der Waals surface area contributed by atoms with Crippen LogP contribution in [0.15, 0.2) is 58.6 Å². The second kappa shape index (κ2) is 9.52. The van der Waals surface area contributed by atoms with E-state index in [0.29, 0.717) is 33.7 Å². The molecule has 0 fully saturated rings. The van der Waals surface area contributed by atoms with Crippen molar-refractivity contribution in [3.8, 4) is 0 Å². The number of nitrogens with zero attached hydrogens (tertiary/aromatic N) is 2. The van der Waals surface area contributed by atoms with Crippen molar-refractivity contribution in [1.29, 1.82) is 0 Å². The Morgan fingerprint density at radius 2 is 2.11 bits per heavy atom. The van der Waals surface area contributed by atoms with E-state index in [9.17, 15) is 9.59 Å². The molecule has 1 aromatic carbocycles. The first-order chi connectivity index (χ1) is 13.5. The predicted octanol–water partition coefficient (Wildman–Crippen LogP) is 3.28. The lowest BCUT2D eigenvalue weighted by molar-refractivity contribution is -0.120. The van der Waals surface area contributed by atoms with Crippen LogP contribution in [-0.4, -0.2) is 20.9 Å². The summed E-state index contributed by atoms with van der Waals surface area (Å²) < 4.78 is 0. The van der Waals surface area contributed by atoms with Crippen LogP contribution in [0.5, 0.6) is 0 Å². The predicted molar refractivity (Wildman–Crippen MR) is 110 cm³/mol. The number of carbonyl (C=O) groups is 1. The number of aromatic amines is 1. The highest BCUT2D eigenvalue weighted by molar-refractivity contribution is 7.98. The topological polar surface area (TPSA) is 87.7 Å². The van der Waals surface area contributed by atoms with Crippen molar-refractivity contribution in [3.05, 3.63) is 86.6 Å². The summed E-state index contributed by atoms with van der Waals surface area (Å²) in [7, 11) is 0. The average molecular weight is 415 g/mol. The van der Waals surface area contributed by atoms with Crippen molar-refractivity contribution in [2.24, 2.45) is 0 Å². The van der Waals surface area contributed by atoms with Crippen molar-refractivity contribution in [2.75, 3.05) is 0 Å². The van der Waals surface area contributed by atoms with E-state index in [1.807, 2.05) is 42.5 Å². The van der Waals surface area contributed by atoms with E-state index in [0.717, 1.165) is 11.3 Å². The van der Waals surface area contributed by atoms with Gasteiger partial charge in [0.05, 0.1) is 18.7 Å². The molecular formula is C20H19ClN4O2S. The fraction of sp³-hybridized carbons (Fsp3) is 0.200. The molecular weight excluding hydrogens is 396 g/mol. The van der Waals surface area contributed by atoms with Crippen LogP contribution in [0.4, 0.5) is 0 Å². The van der Waals surface area contributed by atoms with Crippen molar-refractivity contribution < 1.29 is 4.79 Å². The first-order valence-corrected chi connectivity index (χ1v) is 10.0. The molecule has 0 atom stereocenters. The van der Waals surface area contributed by atoms with Gasteiger partial charge in [-0.25, -0.2) is 4.98 Å². The van der Waals surface area contributed by atoms with Gasteiger partial charge in [-0.1, -0.05) is 41.6 Å². The Morgan fingerprint density at radius 3 is 2.82 bits per heavy atom. The highest BCUT2D eigenvalue weighted by Gasteiger charge is 2.13. The van der Waals surface area contributed by atoms with Crippen LogP contribution >= 0.6 is 23.4 Å². The van der Waals surface area contributed by atoms with Gasteiger partial charge in [0.2, 0.25) is 5.91 Å². The van der Waals surface area contributed by atoms with E-state index in [1.165, 1.54) is 11.8 Å². The summed E-state index contributed by atoms with van der Waals surface area (Å²) >= 11 is 7.40. The summed E-state index contributed by atoms with van der Waals surface area (Å²) in [5, 5.41) is 3.95. The third kappa shape index (κ3) is 5.68. The third-order valence-electron chi connectivity index (χ3n) is 4.00. The number of hydrogen-bond donors (Lipinski definition) is 2. The van der Waals surface area contributed by atoms with E-state index in [4.69, 9.17) is 11.6 Å². The van der Waals surface area contributed by atoms with E-state index in [2.05, 4.69) is 20.3 Å². The maximum Gasteiger partial charge on any atom is 0.255 e. The third-order valence-corrected chi connectivity index (χ3v) is 5.17. The lowest BCUT2D eigenvalue weighted by Gasteiger charge is -2.08. The molecule has 0 saturated carbocycles. The summed E-state index contributed by atoms with van der Waals surface area (Å²) in [4.78, 5) is 35.9. The number of benzene rings is 1. The molecule has 1 amide bonds. The fourth-order valence-corrected chi connectivity index (χ4v) is 3.62. The van der Waals surface area contributed by atoms with Crippen molar-refractivity contribution in [2.45, 2.75) is 30.8 Å². The zero-order valence-corrected chi connectivity index (χ0v) is 16.8. The Morgan fingerprint density at radius 1 is 1.25 bits per heavy atom. The molecule has 0 aliphatic heterocycles. The number of pyridine rings is 1. The summed E-state index contributed by atoms with van der Waals surface area (Å²) in [6.45, 7) is 2.05. The molecule has 144 valence electrons. The van der Waals surface area contributed by atoms with E-state index < -0.39 is 0 Å². The molecule has 0 bridgehead atoms. The molecule has 0 saturated heterocycles. The summed E-state index contributed by atoms with van der Waals surface area (Å²) in [6, 6.07) is 13.0. The molecule has 3 aromatic rings. The number of hydrogen-bond acceptors (Lipinski definition) is 5. The van der Waals surface area contributed by atoms with Crippen molar-refractivity contribution in [1.82, 2.24) is 20.3 Å². The first kappa shape index (κ1) is 20.1. The van der Waals surface area contributed by atoms with Crippen LogP contribution < -0.4 is 10.9 Å². The smallest absolute Gasteiger partial charge is 0.255 e. The summed E-state index contributed by atoms with van der Waals surface area (Å²) in [6.07, 6.45) is 1.64. The van der Waals surface area contributed by atoms with Crippen LogP contribution in [-0.2, 0) is 23.5 Å². The fourth-order valence-electron chi connectivity index (χ4n) is 2.55. The largest absolute Gasteiger partial charge is 0.350 e. The maximum atomic E-state index is 12.4. The molecule has 8 heteroatoms. The van der Waals surface area contributed by atoms with Gasteiger partial charge in [0.1, 0.15) is 0 Å². The minimum absolute atomic E-state index is 0.0275. The average Bonchev–Trinajstić information content (AvgIpc) is 2.68. The van der Waals surface area contributed by atoms with Crippen LogP contribution in [0, 0.1) is 6.92 Å². The van der Waals surface area contributed by atoms with Gasteiger partial charge >= 0.3 is 0 Å². The van der Waals surface area contributed by atoms with E-state index in [-0.39, 0.29) is 17.9 Å². The maximum absolute atomic E-state index is 12.4. The number of rotatable bonds is 7. The standard InChI is InChI=1S/C20H19ClN4O2S/c1-13-17(10-18(26)23-11-16-7-2-3-8-22-16)19(27)25-20(24-13)28-12-14-5-4-6-15(21)9-14/h2-9H,10-12H2,1H3,(H,23,26)(H,24,25,27). The lowest BCUT2D eigenvalue weighted by Crippen LogP contribution is -2.29. The van der Waals surface area contributed by atoms with Gasteiger partial charge in [0.25, 0.3) is 5.56 Å². The normalized spacial score (nSPS) is 10.6. The van der Waals surface area contributed by atoms with Crippen LogP contribution in [0.1, 0.15) is 22.5 Å². The molecule has 2 N–H and O–H groups in total. The minimum atomic E-state index is -0.297. The second-order valence-electron chi connectivity index (χ2n) is 6.13. The van der Waals surface area contributed by atoms with Crippen LogP contribution in [0.25, 0.3) is 0 Å². The van der Waals surface area contributed by atoms with E-state index >= 15 is 0 Å². The Kier molecular flexibility index (Phi) is 6.84. The van der Waals surface area contributed by atoms with Crippen molar-refractivity contribution in [3.63, 3.8) is 0 Å². The lowest BCUT2D eigenvalue weighted by atomic mass is 10.1. The molecule has 0 aliphatic rings. The molecule has 0 spiro atoms. The number of H-pyrrole nitrogens is 1. The van der Waals surface area contributed by atoms with Crippen LogP contribution in [0.2, 0.25) is 5.02 Å². The Balaban J connectivity index is 1.61. The van der Waals surface area contributed by atoms with E-state index in [1.54, 1.807) is 13.1 Å². The first-order valence-electron chi connectivity index (χ1n) is 8.65. The Bertz CT molecular complexity index is 1020. The van der Waals surface area contributed by atoms with Gasteiger partial charge in [-0.3, -0.25) is 14.6 Å². The van der Waals surface area contributed by atoms with Gasteiger partial charge in [-0.15, -0.1) is 0 Å². The van der Waals surface area contributed by atoms with Crippen LogP contribution in [0.3, 0.4) is 0 Å². The monoisotopic (exact) mass is 414 g/mol. The molecule has 0 aliphatic carbocycles. The summed E-state index contributed by atoms with van der Waals surface area (Å²) in [5.41, 5.74) is 2.41. The highest BCUT2D eigenvalue weighted by Crippen LogP contribution is 2.21. The van der Waals surface area contributed by atoms with Gasteiger partial charge in [-0.05, 0) is 36.8 Å². The number of thioether (sulfide) groups is 1. The molecule has 3 rings (SSSR count). The zero-order chi connectivity index (χ0) is 19.9. The minimum Gasteiger partial charge on any atom is -0.350 e. The molecule has 0 radical (unpaired) electrons. The molecule has 2 heterocycles. The Labute approximate surface area is 171 Å². The van der Waals surface area contributed by atoms with Gasteiger partial charge in [-0.2, -0.15) is 0 Å². The molecule has 6 nitrogen and oxygen atoms in total. The van der Waals surface area contributed by atoms with Gasteiger partial charge < -0.3 is 10.3 Å². The number of halogens is 1. The molecule has 2 aromatic heterocycles. The zero-order valence-electron chi connectivity index (χ0n) is 15.2.